The molecular formula is C21H23N3O2. The maximum atomic E-state index is 12.0. The largest absolute Gasteiger partial charge is 0.349 e. The third-order valence-electron chi connectivity index (χ3n) is 5.51. The molecule has 5 nitrogen and oxygen atoms in total. The lowest BCUT2D eigenvalue weighted by Crippen LogP contribution is -2.30. The van der Waals surface area contributed by atoms with Gasteiger partial charge in [0.2, 0.25) is 11.8 Å². The lowest BCUT2D eigenvalue weighted by atomic mass is 9.84. The molecule has 0 saturated carbocycles. The summed E-state index contributed by atoms with van der Waals surface area (Å²) in [7, 11) is 1.82. The monoisotopic (exact) mass is 349 g/mol. The number of nitrogens with one attached hydrogen (secondary N) is 1. The minimum absolute atomic E-state index is 0.0424. The molecular weight excluding hydrogens is 326 g/mol. The Hall–Kier alpha value is -2.69. The lowest BCUT2D eigenvalue weighted by molar-refractivity contribution is -0.121. The van der Waals surface area contributed by atoms with Crippen LogP contribution in [0.15, 0.2) is 30.6 Å². The van der Waals surface area contributed by atoms with Crippen molar-refractivity contribution < 1.29 is 9.59 Å². The van der Waals surface area contributed by atoms with Gasteiger partial charge in [-0.2, -0.15) is 0 Å². The van der Waals surface area contributed by atoms with E-state index >= 15 is 0 Å². The summed E-state index contributed by atoms with van der Waals surface area (Å²) in [6.07, 6.45) is 7.73. The molecule has 1 aromatic carbocycles. The third kappa shape index (κ3) is 2.77. The Morgan fingerprint density at radius 1 is 1.35 bits per heavy atom. The fourth-order valence-electron chi connectivity index (χ4n) is 4.05. The number of hydrogen-bond acceptors (Lipinski definition) is 3. The van der Waals surface area contributed by atoms with E-state index in [0.29, 0.717) is 12.8 Å². The summed E-state index contributed by atoms with van der Waals surface area (Å²) in [6.45, 7) is 1.87. The molecule has 1 aliphatic carbocycles. The van der Waals surface area contributed by atoms with Gasteiger partial charge in [-0.05, 0) is 53.6 Å². The second-order valence-electron chi connectivity index (χ2n) is 7.09. The molecule has 0 bridgehead atoms. The molecule has 2 amide bonds. The highest BCUT2D eigenvalue weighted by atomic mass is 16.2. The van der Waals surface area contributed by atoms with Gasteiger partial charge in [-0.25, -0.2) is 0 Å². The Balaban J connectivity index is 1.73. The van der Waals surface area contributed by atoms with E-state index < -0.39 is 0 Å². The Bertz CT molecular complexity index is 891. The highest BCUT2D eigenvalue weighted by Crippen LogP contribution is 2.38. The van der Waals surface area contributed by atoms with E-state index in [2.05, 4.69) is 22.4 Å². The van der Waals surface area contributed by atoms with E-state index in [1.807, 2.05) is 32.4 Å². The van der Waals surface area contributed by atoms with Crippen molar-refractivity contribution in [3.05, 3.63) is 47.3 Å². The molecule has 134 valence electrons. The summed E-state index contributed by atoms with van der Waals surface area (Å²) in [5.41, 5.74) is 6.67. The van der Waals surface area contributed by atoms with Crippen LogP contribution in [0, 0.1) is 0 Å². The molecule has 0 fully saturated rings. The SMILES string of the molecule is CCC(=O)N[C@@H]1CCCc2c(-c3ccc4c(c3)CC(=O)N4C)cncc21. The Kier molecular flexibility index (Phi) is 4.23. The van der Waals surface area contributed by atoms with Gasteiger partial charge in [-0.1, -0.05) is 13.0 Å². The number of likely N-dealkylation sites (N-methyl/N-ethyl adjacent to an activating group) is 1. The lowest BCUT2D eigenvalue weighted by Gasteiger charge is -2.27. The molecule has 1 aromatic heterocycles. The van der Waals surface area contributed by atoms with Gasteiger partial charge in [-0.15, -0.1) is 0 Å². The number of carbonyl (C=O) groups excluding carboxylic acids is 2. The van der Waals surface area contributed by atoms with Gasteiger partial charge in [0.15, 0.2) is 0 Å². The van der Waals surface area contributed by atoms with Crippen LogP contribution >= 0.6 is 0 Å². The van der Waals surface area contributed by atoms with Crippen LogP contribution in [-0.4, -0.2) is 23.8 Å². The molecule has 1 N–H and O–H groups in total. The molecule has 2 heterocycles. The van der Waals surface area contributed by atoms with Gasteiger partial charge in [0.05, 0.1) is 12.5 Å². The predicted octanol–water partition coefficient (Wildman–Crippen LogP) is 3.17. The minimum Gasteiger partial charge on any atom is -0.349 e. The Labute approximate surface area is 153 Å². The number of aromatic nitrogens is 1. The first-order chi connectivity index (χ1) is 12.6. The molecule has 4 rings (SSSR count). The first-order valence-corrected chi connectivity index (χ1v) is 9.24. The van der Waals surface area contributed by atoms with E-state index in [9.17, 15) is 9.59 Å². The van der Waals surface area contributed by atoms with Crippen molar-refractivity contribution in [1.82, 2.24) is 10.3 Å². The standard InChI is InChI=1S/C21H23N3O2/c1-3-20(25)23-18-6-4-5-15-16(11-22-12-17(15)18)13-7-8-19-14(9-13)10-21(26)24(19)2/h7-9,11-12,18H,3-6,10H2,1-2H3,(H,23,25)/t18-/m1/s1. The summed E-state index contributed by atoms with van der Waals surface area (Å²) < 4.78 is 0. The summed E-state index contributed by atoms with van der Waals surface area (Å²) in [5, 5.41) is 3.13. The maximum absolute atomic E-state index is 12.0. The fourth-order valence-corrected chi connectivity index (χ4v) is 4.05. The second kappa shape index (κ2) is 6.56. The van der Waals surface area contributed by atoms with E-state index in [1.54, 1.807) is 4.90 Å². The van der Waals surface area contributed by atoms with E-state index in [1.165, 1.54) is 5.56 Å². The van der Waals surface area contributed by atoms with Gasteiger partial charge in [0, 0.05) is 37.1 Å². The summed E-state index contributed by atoms with van der Waals surface area (Å²) in [6, 6.07) is 6.25. The number of pyridine rings is 1. The molecule has 1 aliphatic heterocycles. The molecule has 0 spiro atoms. The predicted molar refractivity (Wildman–Crippen MR) is 101 cm³/mol. The molecule has 0 radical (unpaired) electrons. The number of nitrogens with zero attached hydrogens (tertiary/aromatic N) is 2. The smallest absolute Gasteiger partial charge is 0.231 e. The zero-order valence-electron chi connectivity index (χ0n) is 15.2. The number of anilines is 1. The Morgan fingerprint density at radius 3 is 3.00 bits per heavy atom. The van der Waals surface area contributed by atoms with Crippen LogP contribution in [0.4, 0.5) is 5.69 Å². The average Bonchev–Trinajstić information content (AvgIpc) is 2.95. The van der Waals surface area contributed by atoms with Crippen LogP contribution < -0.4 is 10.2 Å². The summed E-state index contributed by atoms with van der Waals surface area (Å²) in [5.74, 6) is 0.208. The van der Waals surface area contributed by atoms with Crippen LogP contribution in [-0.2, 0) is 22.4 Å². The quantitative estimate of drug-likeness (QED) is 0.926. The maximum Gasteiger partial charge on any atom is 0.231 e. The number of amides is 2. The van der Waals surface area contributed by atoms with Crippen molar-refractivity contribution in [2.24, 2.45) is 0 Å². The van der Waals surface area contributed by atoms with Gasteiger partial charge < -0.3 is 10.2 Å². The van der Waals surface area contributed by atoms with Crippen molar-refractivity contribution in [1.29, 1.82) is 0 Å². The normalized spacial score (nSPS) is 18.5. The van der Waals surface area contributed by atoms with Gasteiger partial charge in [0.25, 0.3) is 0 Å². The topological polar surface area (TPSA) is 62.3 Å². The Morgan fingerprint density at radius 2 is 2.19 bits per heavy atom. The van der Waals surface area contributed by atoms with Crippen LogP contribution in [0.1, 0.15) is 48.9 Å². The van der Waals surface area contributed by atoms with Crippen molar-refractivity contribution in [3.63, 3.8) is 0 Å². The molecule has 0 unspecified atom stereocenters. The molecule has 5 heteroatoms. The fraction of sp³-hybridized carbons (Fsp3) is 0.381. The van der Waals surface area contributed by atoms with E-state index in [0.717, 1.165) is 47.2 Å². The number of benzene rings is 1. The summed E-state index contributed by atoms with van der Waals surface area (Å²) >= 11 is 0. The number of carbonyl (C=O) groups is 2. The van der Waals surface area contributed by atoms with Crippen LogP contribution in [0.5, 0.6) is 0 Å². The minimum atomic E-state index is 0.0424. The van der Waals surface area contributed by atoms with Crippen molar-refractivity contribution in [2.75, 3.05) is 11.9 Å². The van der Waals surface area contributed by atoms with E-state index in [4.69, 9.17) is 0 Å². The highest BCUT2D eigenvalue weighted by molar-refractivity contribution is 6.01. The molecule has 1 atom stereocenters. The number of hydrogen-bond donors (Lipinski definition) is 1. The van der Waals surface area contributed by atoms with Crippen LogP contribution in [0.3, 0.4) is 0 Å². The molecule has 26 heavy (non-hydrogen) atoms. The third-order valence-corrected chi connectivity index (χ3v) is 5.51. The van der Waals surface area contributed by atoms with Gasteiger partial charge >= 0.3 is 0 Å². The first-order valence-electron chi connectivity index (χ1n) is 9.24. The number of fused-ring (bicyclic) bond motifs is 2. The summed E-state index contributed by atoms with van der Waals surface area (Å²) in [4.78, 5) is 30.0. The van der Waals surface area contributed by atoms with E-state index in [-0.39, 0.29) is 17.9 Å². The van der Waals surface area contributed by atoms with Crippen LogP contribution in [0.25, 0.3) is 11.1 Å². The highest BCUT2D eigenvalue weighted by Gasteiger charge is 2.27. The van der Waals surface area contributed by atoms with Crippen LogP contribution in [0.2, 0.25) is 0 Å². The average molecular weight is 349 g/mol. The van der Waals surface area contributed by atoms with Crippen molar-refractivity contribution in [2.45, 2.75) is 45.1 Å². The molecule has 0 saturated heterocycles. The number of rotatable bonds is 3. The zero-order chi connectivity index (χ0) is 18.3. The molecule has 2 aromatic rings. The first kappa shape index (κ1) is 16.8. The zero-order valence-corrected chi connectivity index (χ0v) is 15.2. The van der Waals surface area contributed by atoms with Crippen molar-refractivity contribution in [3.8, 4) is 11.1 Å². The van der Waals surface area contributed by atoms with Gasteiger partial charge in [-0.3, -0.25) is 14.6 Å². The van der Waals surface area contributed by atoms with Crippen molar-refractivity contribution >= 4 is 17.5 Å². The second-order valence-corrected chi connectivity index (χ2v) is 7.09. The molecule has 2 aliphatic rings. The van der Waals surface area contributed by atoms with Gasteiger partial charge in [0.1, 0.15) is 0 Å².